The van der Waals surface area contributed by atoms with Gasteiger partial charge in [0, 0.05) is 18.5 Å². The maximum absolute atomic E-state index is 12.2. The molecule has 2 heterocycles. The van der Waals surface area contributed by atoms with Crippen molar-refractivity contribution >= 4 is 11.9 Å². The van der Waals surface area contributed by atoms with Gasteiger partial charge in [-0.15, -0.1) is 0 Å². The fraction of sp³-hybridized carbons (Fsp3) is 0.857. The lowest BCUT2D eigenvalue weighted by Crippen LogP contribution is -2.47. The molecular formula is C14H21F2NO4. The number of ether oxygens (including phenoxy) is 1. The molecule has 2 unspecified atom stereocenters. The van der Waals surface area contributed by atoms with Gasteiger partial charge in [0.25, 0.3) is 6.43 Å². The van der Waals surface area contributed by atoms with Crippen molar-refractivity contribution in [2.75, 3.05) is 13.2 Å². The van der Waals surface area contributed by atoms with Crippen molar-refractivity contribution in [2.24, 2.45) is 5.92 Å². The van der Waals surface area contributed by atoms with E-state index in [-0.39, 0.29) is 43.4 Å². The number of fused-ring (bicyclic) bond motifs is 2. The number of nitrogens with zero attached hydrogens (tertiary/aromatic N) is 1. The largest absolute Gasteiger partial charge is 0.481 e. The van der Waals surface area contributed by atoms with Crippen molar-refractivity contribution in [3.63, 3.8) is 0 Å². The third kappa shape index (κ3) is 4.36. The third-order valence-corrected chi connectivity index (χ3v) is 4.29. The molecule has 1 amide bonds. The summed E-state index contributed by atoms with van der Waals surface area (Å²) in [5, 5.41) is 8.86. The fourth-order valence-corrected chi connectivity index (χ4v) is 3.57. The van der Waals surface area contributed by atoms with E-state index in [0.29, 0.717) is 0 Å². The lowest BCUT2D eigenvalue weighted by atomic mass is 9.88. The number of aliphatic carboxylic acids is 1. The van der Waals surface area contributed by atoms with E-state index in [2.05, 4.69) is 0 Å². The molecule has 2 bridgehead atoms. The smallest absolute Gasteiger partial charge is 0.303 e. The molecule has 21 heavy (non-hydrogen) atoms. The Morgan fingerprint density at radius 1 is 1.24 bits per heavy atom. The van der Waals surface area contributed by atoms with Crippen molar-refractivity contribution in [1.82, 2.24) is 4.90 Å². The molecule has 2 aliphatic heterocycles. The predicted octanol–water partition coefficient (Wildman–Crippen LogP) is 1.90. The van der Waals surface area contributed by atoms with E-state index in [1.165, 1.54) is 0 Å². The van der Waals surface area contributed by atoms with Gasteiger partial charge >= 0.3 is 5.97 Å². The molecule has 0 aromatic heterocycles. The molecule has 0 radical (unpaired) electrons. The first-order valence-electron chi connectivity index (χ1n) is 7.36. The van der Waals surface area contributed by atoms with Gasteiger partial charge in [-0.3, -0.25) is 9.59 Å². The van der Waals surface area contributed by atoms with Crippen LogP contribution in [-0.2, 0) is 14.3 Å². The summed E-state index contributed by atoms with van der Waals surface area (Å²) in [7, 11) is 0. The lowest BCUT2D eigenvalue weighted by Gasteiger charge is -2.38. The molecule has 2 rings (SSSR count). The Hall–Kier alpha value is -1.24. The summed E-state index contributed by atoms with van der Waals surface area (Å²) in [5.74, 6) is -0.718. The first-order valence-corrected chi connectivity index (χ1v) is 7.36. The summed E-state index contributed by atoms with van der Waals surface area (Å²) >= 11 is 0. The van der Waals surface area contributed by atoms with Crippen molar-refractivity contribution in [1.29, 1.82) is 0 Å². The number of carbonyl (C=O) groups is 2. The van der Waals surface area contributed by atoms with Crippen molar-refractivity contribution in [3.05, 3.63) is 0 Å². The molecule has 7 heteroatoms. The summed E-state index contributed by atoms with van der Waals surface area (Å²) in [4.78, 5) is 24.8. The average molecular weight is 305 g/mol. The number of hydrogen-bond donors (Lipinski definition) is 1. The lowest BCUT2D eigenvalue weighted by molar-refractivity contribution is -0.140. The number of carbonyl (C=O) groups excluding carboxylic acids is 1. The van der Waals surface area contributed by atoms with Crippen LogP contribution in [0.2, 0.25) is 0 Å². The Balaban J connectivity index is 1.79. The summed E-state index contributed by atoms with van der Waals surface area (Å²) < 4.78 is 28.6. The first kappa shape index (κ1) is 16.1. The van der Waals surface area contributed by atoms with Crippen LogP contribution in [0, 0.1) is 5.92 Å². The SMILES string of the molecule is O=C(O)CC1CC2CCC(C1)N2C(=O)CCOCC(F)F. The van der Waals surface area contributed by atoms with Crippen LogP contribution in [-0.4, -0.2) is 53.6 Å². The number of halogens is 2. The minimum absolute atomic E-state index is 0.0116. The van der Waals surface area contributed by atoms with Gasteiger partial charge in [0.15, 0.2) is 0 Å². The van der Waals surface area contributed by atoms with E-state index in [1.807, 2.05) is 4.90 Å². The van der Waals surface area contributed by atoms with E-state index in [9.17, 15) is 18.4 Å². The molecule has 0 saturated carbocycles. The van der Waals surface area contributed by atoms with Crippen LogP contribution in [0.5, 0.6) is 0 Å². The maximum Gasteiger partial charge on any atom is 0.303 e. The van der Waals surface area contributed by atoms with Crippen LogP contribution in [0.1, 0.15) is 38.5 Å². The molecule has 2 saturated heterocycles. The molecule has 2 aliphatic rings. The minimum atomic E-state index is -2.51. The number of rotatable bonds is 7. The summed E-state index contributed by atoms with van der Waals surface area (Å²) in [6.07, 6.45) is 1.03. The fourth-order valence-electron chi connectivity index (χ4n) is 3.57. The molecule has 0 aromatic carbocycles. The number of hydrogen-bond acceptors (Lipinski definition) is 3. The number of alkyl halides is 2. The highest BCUT2D eigenvalue weighted by Gasteiger charge is 2.43. The maximum atomic E-state index is 12.2. The first-order chi connectivity index (χ1) is 9.97. The molecule has 0 aromatic rings. The van der Waals surface area contributed by atoms with Crippen LogP contribution >= 0.6 is 0 Å². The topological polar surface area (TPSA) is 66.8 Å². The molecular weight excluding hydrogens is 284 g/mol. The number of piperidine rings is 1. The third-order valence-electron chi connectivity index (χ3n) is 4.29. The molecule has 5 nitrogen and oxygen atoms in total. The molecule has 0 aliphatic carbocycles. The normalized spacial score (nSPS) is 28.1. The zero-order valence-electron chi connectivity index (χ0n) is 11.8. The van der Waals surface area contributed by atoms with E-state index in [1.54, 1.807) is 0 Å². The van der Waals surface area contributed by atoms with Crippen LogP contribution < -0.4 is 0 Å². The van der Waals surface area contributed by atoms with Gasteiger partial charge < -0.3 is 14.7 Å². The van der Waals surface area contributed by atoms with Gasteiger partial charge in [0.2, 0.25) is 5.91 Å². The van der Waals surface area contributed by atoms with Crippen LogP contribution in [0.25, 0.3) is 0 Å². The Morgan fingerprint density at radius 2 is 1.86 bits per heavy atom. The summed E-state index contributed by atoms with van der Waals surface area (Å²) in [6.45, 7) is -0.626. The van der Waals surface area contributed by atoms with E-state index < -0.39 is 19.0 Å². The Kier molecular flexibility index (Phi) is 5.50. The highest BCUT2D eigenvalue weighted by molar-refractivity contribution is 5.77. The number of carboxylic acid groups (broad SMARTS) is 1. The Bertz CT molecular complexity index is 377. The number of amides is 1. The van der Waals surface area contributed by atoms with Gasteiger partial charge in [-0.05, 0) is 31.6 Å². The summed E-state index contributed by atoms with van der Waals surface area (Å²) in [6, 6.07) is 0.214. The van der Waals surface area contributed by atoms with Crippen LogP contribution in [0.15, 0.2) is 0 Å². The second kappa shape index (κ2) is 7.15. The zero-order valence-corrected chi connectivity index (χ0v) is 11.8. The van der Waals surface area contributed by atoms with Gasteiger partial charge in [-0.2, -0.15) is 0 Å². The Labute approximate surface area is 122 Å². The zero-order chi connectivity index (χ0) is 15.4. The van der Waals surface area contributed by atoms with Gasteiger partial charge in [0.05, 0.1) is 13.0 Å². The highest BCUT2D eigenvalue weighted by atomic mass is 19.3. The van der Waals surface area contributed by atoms with Gasteiger partial charge in [0.1, 0.15) is 6.61 Å². The van der Waals surface area contributed by atoms with Gasteiger partial charge in [-0.25, -0.2) is 8.78 Å². The van der Waals surface area contributed by atoms with E-state index in [4.69, 9.17) is 9.84 Å². The summed E-state index contributed by atoms with van der Waals surface area (Å²) in [5.41, 5.74) is 0. The molecule has 0 spiro atoms. The van der Waals surface area contributed by atoms with Crippen LogP contribution in [0.4, 0.5) is 8.78 Å². The van der Waals surface area contributed by atoms with Crippen molar-refractivity contribution in [2.45, 2.75) is 57.0 Å². The predicted molar refractivity (Wildman–Crippen MR) is 70.1 cm³/mol. The standard InChI is InChI=1S/C14H21F2NO4/c15-12(16)8-21-4-3-13(18)17-10-1-2-11(17)6-9(5-10)7-14(19)20/h9-12H,1-8H2,(H,19,20). The van der Waals surface area contributed by atoms with Crippen LogP contribution in [0.3, 0.4) is 0 Å². The second-order valence-electron chi connectivity index (χ2n) is 5.84. The van der Waals surface area contributed by atoms with E-state index >= 15 is 0 Å². The Morgan fingerprint density at radius 3 is 2.38 bits per heavy atom. The van der Waals surface area contributed by atoms with Crippen molar-refractivity contribution < 1.29 is 28.2 Å². The number of carboxylic acids is 1. The highest BCUT2D eigenvalue weighted by Crippen LogP contribution is 2.40. The van der Waals surface area contributed by atoms with Crippen molar-refractivity contribution in [3.8, 4) is 0 Å². The quantitative estimate of drug-likeness (QED) is 0.730. The van der Waals surface area contributed by atoms with Gasteiger partial charge in [-0.1, -0.05) is 0 Å². The molecule has 2 fully saturated rings. The molecule has 1 N–H and O–H groups in total. The molecule has 2 atom stereocenters. The average Bonchev–Trinajstić information content (AvgIpc) is 2.65. The molecule has 120 valence electrons. The monoisotopic (exact) mass is 305 g/mol. The minimum Gasteiger partial charge on any atom is -0.481 e. The van der Waals surface area contributed by atoms with E-state index in [0.717, 1.165) is 25.7 Å². The second-order valence-corrected chi connectivity index (χ2v) is 5.84.